The minimum Gasteiger partial charge on any atom is -0.481 e. The number of carboxylic acids is 1. The van der Waals surface area contributed by atoms with Crippen LogP contribution in [0.3, 0.4) is 0 Å². The number of benzene rings is 1. The van der Waals surface area contributed by atoms with E-state index in [0.29, 0.717) is 13.1 Å². The molecular weight excluding hydrogens is 324 g/mol. The fourth-order valence-corrected chi connectivity index (χ4v) is 4.47. The van der Waals surface area contributed by atoms with Crippen LogP contribution in [0.1, 0.15) is 26.2 Å². The van der Waals surface area contributed by atoms with Crippen molar-refractivity contribution in [3.8, 4) is 0 Å². The molecule has 1 saturated carbocycles. The van der Waals surface area contributed by atoms with Crippen LogP contribution < -0.4 is 5.32 Å². The lowest BCUT2D eigenvalue weighted by molar-refractivity contribution is -0.149. The Hall–Kier alpha value is -1.53. The molecule has 1 aliphatic carbocycles. The zero-order valence-corrected chi connectivity index (χ0v) is 14.9. The van der Waals surface area contributed by atoms with E-state index >= 15 is 0 Å². The largest absolute Gasteiger partial charge is 0.481 e. The molecule has 1 saturated heterocycles. The van der Waals surface area contributed by atoms with Crippen LogP contribution in [0.2, 0.25) is 0 Å². The summed E-state index contributed by atoms with van der Waals surface area (Å²) >= 11 is 1.66. The van der Waals surface area contributed by atoms with Crippen molar-refractivity contribution >= 4 is 29.3 Å². The first-order valence-electron chi connectivity index (χ1n) is 8.38. The number of nitrogens with zero attached hydrogens (tertiary/aromatic N) is 1. The van der Waals surface area contributed by atoms with E-state index in [9.17, 15) is 14.7 Å². The molecule has 2 N–H and O–H groups in total. The molecule has 2 fully saturated rings. The molecule has 5 nitrogen and oxygen atoms in total. The number of fused-ring (bicyclic) bond motifs is 1. The predicted molar refractivity (Wildman–Crippen MR) is 95.3 cm³/mol. The zero-order chi connectivity index (χ0) is 17.3. The molecule has 1 amide bonds. The van der Waals surface area contributed by atoms with Gasteiger partial charge in [0.05, 0.1) is 11.5 Å². The number of anilines is 1. The van der Waals surface area contributed by atoms with Gasteiger partial charge in [-0.2, -0.15) is 0 Å². The van der Waals surface area contributed by atoms with Gasteiger partial charge in [0, 0.05) is 23.7 Å². The Labute approximate surface area is 146 Å². The third-order valence-electron chi connectivity index (χ3n) is 5.61. The van der Waals surface area contributed by atoms with Gasteiger partial charge in [0.1, 0.15) is 0 Å². The van der Waals surface area contributed by atoms with Crippen LogP contribution in [0.25, 0.3) is 0 Å². The van der Waals surface area contributed by atoms with Crippen molar-refractivity contribution < 1.29 is 14.7 Å². The van der Waals surface area contributed by atoms with Crippen LogP contribution in [-0.4, -0.2) is 47.3 Å². The summed E-state index contributed by atoms with van der Waals surface area (Å²) in [6.45, 7) is 3.04. The van der Waals surface area contributed by atoms with E-state index in [1.54, 1.807) is 11.8 Å². The van der Waals surface area contributed by atoms with E-state index in [1.165, 1.54) is 0 Å². The van der Waals surface area contributed by atoms with Crippen molar-refractivity contribution in [3.63, 3.8) is 0 Å². The molecule has 0 radical (unpaired) electrons. The van der Waals surface area contributed by atoms with Gasteiger partial charge in [0.15, 0.2) is 0 Å². The molecule has 3 atom stereocenters. The van der Waals surface area contributed by atoms with E-state index in [2.05, 4.69) is 5.32 Å². The van der Waals surface area contributed by atoms with E-state index < -0.39 is 11.4 Å². The SMILES string of the molecule is CSc1ccc(NC(=O)C(C)N2C[C@@H]3CCC[C@@]3(C(=O)O)C2)cc1. The molecule has 24 heavy (non-hydrogen) atoms. The summed E-state index contributed by atoms with van der Waals surface area (Å²) < 4.78 is 0. The summed E-state index contributed by atoms with van der Waals surface area (Å²) in [5, 5.41) is 12.6. The number of carbonyl (C=O) groups is 2. The second-order valence-electron chi connectivity index (χ2n) is 6.87. The molecule has 1 heterocycles. The first-order chi connectivity index (χ1) is 11.5. The highest BCUT2D eigenvalue weighted by Crippen LogP contribution is 2.49. The van der Waals surface area contributed by atoms with Gasteiger partial charge in [0.25, 0.3) is 0 Å². The molecule has 1 aliphatic heterocycles. The molecule has 1 unspecified atom stereocenters. The number of likely N-dealkylation sites (tertiary alicyclic amines) is 1. The van der Waals surface area contributed by atoms with Crippen molar-refractivity contribution in [2.75, 3.05) is 24.7 Å². The quantitative estimate of drug-likeness (QED) is 0.801. The highest BCUT2D eigenvalue weighted by Gasteiger charge is 2.55. The summed E-state index contributed by atoms with van der Waals surface area (Å²) in [7, 11) is 0. The molecule has 1 aromatic rings. The first-order valence-corrected chi connectivity index (χ1v) is 9.61. The van der Waals surface area contributed by atoms with Crippen molar-refractivity contribution in [2.45, 2.75) is 37.1 Å². The molecule has 130 valence electrons. The minimum absolute atomic E-state index is 0.0765. The number of thioether (sulfide) groups is 1. The van der Waals surface area contributed by atoms with Crippen molar-refractivity contribution in [3.05, 3.63) is 24.3 Å². The Morgan fingerprint density at radius 1 is 1.38 bits per heavy atom. The highest BCUT2D eigenvalue weighted by atomic mass is 32.2. The molecular formula is C18H24N2O3S. The lowest BCUT2D eigenvalue weighted by atomic mass is 9.81. The molecule has 0 spiro atoms. The third kappa shape index (κ3) is 3.05. The summed E-state index contributed by atoms with van der Waals surface area (Å²) in [5.41, 5.74) is 0.131. The summed E-state index contributed by atoms with van der Waals surface area (Å²) in [4.78, 5) is 27.5. The normalized spacial score (nSPS) is 27.7. The van der Waals surface area contributed by atoms with Gasteiger partial charge >= 0.3 is 5.97 Å². The van der Waals surface area contributed by atoms with Gasteiger partial charge in [-0.15, -0.1) is 11.8 Å². The fourth-order valence-electron chi connectivity index (χ4n) is 4.06. The number of aliphatic carboxylic acids is 1. The maximum atomic E-state index is 12.5. The predicted octanol–water partition coefficient (Wildman–Crippen LogP) is 2.92. The summed E-state index contributed by atoms with van der Waals surface area (Å²) in [5.74, 6) is -0.605. The Kier molecular flexibility index (Phi) is 4.88. The fraction of sp³-hybridized carbons (Fsp3) is 0.556. The second-order valence-corrected chi connectivity index (χ2v) is 7.75. The van der Waals surface area contributed by atoms with Crippen LogP contribution >= 0.6 is 11.8 Å². The number of hydrogen-bond acceptors (Lipinski definition) is 4. The number of amides is 1. The number of rotatable bonds is 5. The Morgan fingerprint density at radius 3 is 2.67 bits per heavy atom. The maximum absolute atomic E-state index is 12.5. The van der Waals surface area contributed by atoms with Crippen LogP contribution in [0, 0.1) is 11.3 Å². The molecule has 6 heteroatoms. The summed E-state index contributed by atoms with van der Waals surface area (Å²) in [6.07, 6.45) is 4.67. The van der Waals surface area contributed by atoms with Crippen molar-refractivity contribution in [2.24, 2.45) is 11.3 Å². The Balaban J connectivity index is 1.65. The van der Waals surface area contributed by atoms with Gasteiger partial charge < -0.3 is 10.4 Å². The van der Waals surface area contributed by atoms with Gasteiger partial charge in [-0.25, -0.2) is 0 Å². The third-order valence-corrected chi connectivity index (χ3v) is 6.35. The maximum Gasteiger partial charge on any atom is 0.311 e. The Morgan fingerprint density at radius 2 is 2.08 bits per heavy atom. The average Bonchev–Trinajstić information content (AvgIpc) is 3.13. The minimum atomic E-state index is -0.701. The number of nitrogens with one attached hydrogen (secondary N) is 1. The highest BCUT2D eigenvalue weighted by molar-refractivity contribution is 7.98. The van der Waals surface area contributed by atoms with E-state index in [-0.39, 0.29) is 17.9 Å². The first kappa shape index (κ1) is 17.3. The van der Waals surface area contributed by atoms with E-state index in [0.717, 1.165) is 29.8 Å². The lowest BCUT2D eigenvalue weighted by Gasteiger charge is -2.26. The van der Waals surface area contributed by atoms with Crippen molar-refractivity contribution in [1.29, 1.82) is 0 Å². The van der Waals surface area contributed by atoms with Gasteiger partial charge in [-0.3, -0.25) is 14.5 Å². The number of hydrogen-bond donors (Lipinski definition) is 2. The number of carbonyl (C=O) groups excluding carboxylic acids is 1. The zero-order valence-electron chi connectivity index (χ0n) is 14.1. The number of carboxylic acid groups (broad SMARTS) is 1. The lowest BCUT2D eigenvalue weighted by Crippen LogP contribution is -2.43. The van der Waals surface area contributed by atoms with Gasteiger partial charge in [0.2, 0.25) is 5.91 Å². The molecule has 2 aliphatic rings. The topological polar surface area (TPSA) is 69.6 Å². The van der Waals surface area contributed by atoms with Crippen LogP contribution in [-0.2, 0) is 9.59 Å². The summed E-state index contributed by atoms with van der Waals surface area (Å²) in [6, 6.07) is 7.42. The van der Waals surface area contributed by atoms with Gasteiger partial charge in [-0.05, 0) is 56.2 Å². The molecule has 0 aromatic heterocycles. The van der Waals surface area contributed by atoms with E-state index in [1.807, 2.05) is 42.3 Å². The van der Waals surface area contributed by atoms with E-state index in [4.69, 9.17) is 0 Å². The molecule has 3 rings (SSSR count). The Bertz CT molecular complexity index is 634. The van der Waals surface area contributed by atoms with Crippen LogP contribution in [0.15, 0.2) is 29.2 Å². The monoisotopic (exact) mass is 348 g/mol. The van der Waals surface area contributed by atoms with Crippen LogP contribution in [0.5, 0.6) is 0 Å². The standard InChI is InChI=1S/C18H24N2O3S/c1-12(16(21)19-14-5-7-15(24-2)8-6-14)20-10-13-4-3-9-18(13,11-20)17(22)23/h5-8,12-13H,3-4,9-11H2,1-2H3,(H,19,21)(H,22,23)/t12?,13-,18+/m0/s1. The van der Waals surface area contributed by atoms with Gasteiger partial charge in [-0.1, -0.05) is 6.42 Å². The second kappa shape index (κ2) is 6.76. The van der Waals surface area contributed by atoms with Crippen molar-refractivity contribution in [1.82, 2.24) is 4.90 Å². The smallest absolute Gasteiger partial charge is 0.311 e. The molecule has 1 aromatic carbocycles. The van der Waals surface area contributed by atoms with Crippen LogP contribution in [0.4, 0.5) is 5.69 Å². The average molecular weight is 348 g/mol. The molecule has 0 bridgehead atoms.